The zero-order valence-electron chi connectivity index (χ0n) is 8.06. The van der Waals surface area contributed by atoms with Crippen LogP contribution in [0.4, 0.5) is 0 Å². The van der Waals surface area contributed by atoms with Gasteiger partial charge in [-0.05, 0) is 26.0 Å². The van der Waals surface area contributed by atoms with Gasteiger partial charge in [-0.2, -0.15) is 0 Å². The van der Waals surface area contributed by atoms with Gasteiger partial charge >= 0.3 is 0 Å². The van der Waals surface area contributed by atoms with Gasteiger partial charge in [-0.15, -0.1) is 0 Å². The Balaban J connectivity index is 2.84. The van der Waals surface area contributed by atoms with Crippen LogP contribution in [0.15, 0.2) is 16.5 Å². The van der Waals surface area contributed by atoms with E-state index in [0.717, 1.165) is 0 Å². The van der Waals surface area contributed by atoms with Crippen LogP contribution in [0.1, 0.15) is 30.2 Å². The van der Waals surface area contributed by atoms with Crippen molar-refractivity contribution in [1.82, 2.24) is 0 Å². The summed E-state index contributed by atoms with van der Waals surface area (Å²) in [5.41, 5.74) is 0. The number of furan rings is 1. The SMILES string of the molecule is CC(C)S(=O)(=O)Cc1ccc(C=O)o1. The molecule has 0 fully saturated rings. The number of hydrogen-bond acceptors (Lipinski definition) is 4. The topological polar surface area (TPSA) is 64.3 Å². The van der Waals surface area contributed by atoms with Crippen molar-refractivity contribution in [1.29, 1.82) is 0 Å². The molecule has 0 aromatic carbocycles. The lowest BCUT2D eigenvalue weighted by molar-refractivity contribution is 0.109. The van der Waals surface area contributed by atoms with Gasteiger partial charge in [-0.1, -0.05) is 0 Å². The first-order chi connectivity index (χ1) is 6.45. The second kappa shape index (κ2) is 3.96. The molecule has 14 heavy (non-hydrogen) atoms. The lowest BCUT2D eigenvalue weighted by Gasteiger charge is -2.04. The van der Waals surface area contributed by atoms with Gasteiger partial charge in [-0.25, -0.2) is 8.42 Å². The van der Waals surface area contributed by atoms with Crippen molar-refractivity contribution < 1.29 is 17.6 Å². The average molecular weight is 216 g/mol. The second-order valence-electron chi connectivity index (χ2n) is 3.28. The van der Waals surface area contributed by atoms with Gasteiger partial charge in [-0.3, -0.25) is 4.79 Å². The highest BCUT2D eigenvalue weighted by Gasteiger charge is 2.18. The van der Waals surface area contributed by atoms with Crippen LogP contribution < -0.4 is 0 Å². The minimum atomic E-state index is -3.16. The van der Waals surface area contributed by atoms with Crippen LogP contribution in [0, 0.1) is 0 Å². The molecule has 0 atom stereocenters. The summed E-state index contributed by atoms with van der Waals surface area (Å²) in [6, 6.07) is 2.96. The summed E-state index contributed by atoms with van der Waals surface area (Å²) >= 11 is 0. The van der Waals surface area contributed by atoms with Crippen molar-refractivity contribution in [2.45, 2.75) is 24.9 Å². The summed E-state index contributed by atoms with van der Waals surface area (Å²) < 4.78 is 27.9. The highest BCUT2D eigenvalue weighted by atomic mass is 32.2. The molecule has 0 aliphatic heterocycles. The van der Waals surface area contributed by atoms with E-state index in [1.54, 1.807) is 13.8 Å². The molecule has 1 rings (SSSR count). The molecule has 1 aromatic rings. The van der Waals surface area contributed by atoms with Gasteiger partial charge in [0.25, 0.3) is 0 Å². The number of carbonyl (C=O) groups excluding carboxylic acids is 1. The minimum Gasteiger partial charge on any atom is -0.457 e. The third kappa shape index (κ3) is 2.45. The Hall–Kier alpha value is -1.10. The molecule has 0 aliphatic carbocycles. The Kier molecular flexibility index (Phi) is 3.10. The smallest absolute Gasteiger partial charge is 0.185 e. The van der Waals surface area contributed by atoms with E-state index in [0.29, 0.717) is 12.0 Å². The van der Waals surface area contributed by atoms with Crippen molar-refractivity contribution in [3.63, 3.8) is 0 Å². The molecular weight excluding hydrogens is 204 g/mol. The largest absolute Gasteiger partial charge is 0.457 e. The van der Waals surface area contributed by atoms with Crippen LogP contribution in [0.2, 0.25) is 0 Å². The number of aldehydes is 1. The van der Waals surface area contributed by atoms with E-state index in [2.05, 4.69) is 0 Å². The molecule has 5 heteroatoms. The molecule has 1 heterocycles. The first-order valence-electron chi connectivity index (χ1n) is 4.21. The van der Waals surface area contributed by atoms with Gasteiger partial charge in [0.1, 0.15) is 11.5 Å². The molecule has 0 spiro atoms. The standard InChI is InChI=1S/C9H12O4S/c1-7(2)14(11,12)6-9-4-3-8(5-10)13-9/h3-5,7H,6H2,1-2H3. The van der Waals surface area contributed by atoms with E-state index >= 15 is 0 Å². The Labute approximate surface area is 82.8 Å². The third-order valence-electron chi connectivity index (χ3n) is 1.86. The molecule has 0 aliphatic rings. The van der Waals surface area contributed by atoms with Crippen LogP contribution in [0.25, 0.3) is 0 Å². The van der Waals surface area contributed by atoms with E-state index in [9.17, 15) is 13.2 Å². The Bertz CT molecular complexity index is 414. The van der Waals surface area contributed by atoms with Gasteiger partial charge in [0.15, 0.2) is 21.9 Å². The fraction of sp³-hybridized carbons (Fsp3) is 0.444. The maximum absolute atomic E-state index is 11.4. The Morgan fingerprint density at radius 3 is 2.50 bits per heavy atom. The first-order valence-corrected chi connectivity index (χ1v) is 5.92. The molecule has 0 unspecified atom stereocenters. The quantitative estimate of drug-likeness (QED) is 0.714. The number of sulfone groups is 1. The molecule has 0 bridgehead atoms. The lowest BCUT2D eigenvalue weighted by Crippen LogP contribution is -2.15. The zero-order valence-corrected chi connectivity index (χ0v) is 8.87. The summed E-state index contributed by atoms with van der Waals surface area (Å²) in [6.07, 6.45) is 0.547. The normalized spacial score (nSPS) is 11.9. The van der Waals surface area contributed by atoms with Crippen LogP contribution in [0.5, 0.6) is 0 Å². The van der Waals surface area contributed by atoms with E-state index in [-0.39, 0.29) is 11.5 Å². The maximum atomic E-state index is 11.4. The van der Waals surface area contributed by atoms with Crippen molar-refractivity contribution in [3.05, 3.63) is 23.7 Å². The van der Waals surface area contributed by atoms with Crippen LogP contribution in [0.3, 0.4) is 0 Å². The van der Waals surface area contributed by atoms with Crippen molar-refractivity contribution in [2.75, 3.05) is 0 Å². The molecule has 0 amide bonds. The highest BCUT2D eigenvalue weighted by molar-refractivity contribution is 7.91. The zero-order chi connectivity index (χ0) is 10.8. The van der Waals surface area contributed by atoms with E-state index in [1.807, 2.05) is 0 Å². The molecule has 0 saturated heterocycles. The fourth-order valence-electron chi connectivity index (χ4n) is 0.900. The number of hydrogen-bond donors (Lipinski definition) is 0. The summed E-state index contributed by atoms with van der Waals surface area (Å²) in [5.74, 6) is 0.304. The van der Waals surface area contributed by atoms with Crippen molar-refractivity contribution >= 4 is 16.1 Å². The first kappa shape index (κ1) is 11.0. The second-order valence-corrected chi connectivity index (χ2v) is 5.84. The Morgan fingerprint density at radius 2 is 2.07 bits per heavy atom. The molecule has 78 valence electrons. The number of carbonyl (C=O) groups is 1. The molecule has 0 radical (unpaired) electrons. The summed E-state index contributed by atoms with van der Waals surface area (Å²) in [6.45, 7) is 3.22. The maximum Gasteiger partial charge on any atom is 0.185 e. The van der Waals surface area contributed by atoms with Crippen LogP contribution in [-0.4, -0.2) is 20.0 Å². The van der Waals surface area contributed by atoms with Gasteiger partial charge < -0.3 is 4.42 Å². The van der Waals surface area contributed by atoms with E-state index in [1.165, 1.54) is 12.1 Å². The lowest BCUT2D eigenvalue weighted by atomic mass is 10.4. The van der Waals surface area contributed by atoms with Gasteiger partial charge in [0.2, 0.25) is 0 Å². The monoisotopic (exact) mass is 216 g/mol. The van der Waals surface area contributed by atoms with E-state index < -0.39 is 15.1 Å². The van der Waals surface area contributed by atoms with Crippen LogP contribution >= 0.6 is 0 Å². The van der Waals surface area contributed by atoms with Gasteiger partial charge in [0, 0.05) is 0 Å². The van der Waals surface area contributed by atoms with Gasteiger partial charge in [0.05, 0.1) is 5.25 Å². The van der Waals surface area contributed by atoms with E-state index in [4.69, 9.17) is 4.42 Å². The van der Waals surface area contributed by atoms with Crippen molar-refractivity contribution in [2.24, 2.45) is 0 Å². The van der Waals surface area contributed by atoms with Crippen LogP contribution in [-0.2, 0) is 15.6 Å². The fourth-order valence-corrected chi connectivity index (χ4v) is 1.79. The molecule has 0 N–H and O–H groups in total. The third-order valence-corrected chi connectivity index (χ3v) is 3.98. The molecular formula is C9H12O4S. The average Bonchev–Trinajstić information content (AvgIpc) is 2.51. The predicted molar refractivity (Wildman–Crippen MR) is 51.9 cm³/mol. The van der Waals surface area contributed by atoms with Crippen molar-refractivity contribution in [3.8, 4) is 0 Å². The summed E-state index contributed by atoms with van der Waals surface area (Å²) in [7, 11) is -3.16. The minimum absolute atomic E-state index is 0.152. The molecule has 0 saturated carbocycles. The summed E-state index contributed by atoms with van der Waals surface area (Å²) in [4.78, 5) is 10.3. The predicted octanol–water partition coefficient (Wildman–Crippen LogP) is 1.42. The Morgan fingerprint density at radius 1 is 1.43 bits per heavy atom. The molecule has 4 nitrogen and oxygen atoms in total. The highest BCUT2D eigenvalue weighted by Crippen LogP contribution is 2.13. The molecule has 1 aromatic heterocycles. The number of rotatable bonds is 4. The summed E-state index contributed by atoms with van der Waals surface area (Å²) in [5, 5.41) is -0.438.